The molecule has 0 aliphatic rings. The van der Waals surface area contributed by atoms with Crippen molar-refractivity contribution in [3.05, 3.63) is 101 Å². The third-order valence-electron chi connectivity index (χ3n) is 5.59. The van der Waals surface area contributed by atoms with Crippen molar-refractivity contribution in [2.24, 2.45) is 0 Å². The molecule has 180 valence electrons. The first kappa shape index (κ1) is 23.9. The number of benzene rings is 2. The number of fused-ring (bicyclic) bond motifs is 1. The number of carbonyl (C=O) groups is 2. The molecule has 0 unspecified atom stereocenters. The van der Waals surface area contributed by atoms with Crippen LogP contribution in [0.3, 0.4) is 0 Å². The van der Waals surface area contributed by atoms with Crippen molar-refractivity contribution >= 4 is 17.5 Å². The molecule has 2 heterocycles. The second kappa shape index (κ2) is 9.92. The first-order valence-corrected chi connectivity index (χ1v) is 10.8. The van der Waals surface area contributed by atoms with Crippen LogP contribution in [-0.2, 0) is 11.3 Å². The zero-order valence-electron chi connectivity index (χ0n) is 19.3. The fourth-order valence-corrected chi connectivity index (χ4v) is 3.76. The molecule has 1 amide bonds. The van der Waals surface area contributed by atoms with E-state index in [0.717, 1.165) is 17.7 Å². The van der Waals surface area contributed by atoms with E-state index in [-0.39, 0.29) is 23.8 Å². The summed E-state index contributed by atoms with van der Waals surface area (Å²) in [5, 5.41) is 2.92. The van der Waals surface area contributed by atoms with Crippen LogP contribution in [0.2, 0.25) is 0 Å². The molecular formula is C26H23F2N3O4. The number of methoxy groups -OCH3 is 1. The normalized spacial score (nSPS) is 11.8. The molecule has 0 saturated carbocycles. The van der Waals surface area contributed by atoms with Crippen molar-refractivity contribution in [2.45, 2.75) is 26.5 Å². The van der Waals surface area contributed by atoms with E-state index < -0.39 is 23.6 Å². The number of hydrogen-bond donors (Lipinski definition) is 1. The monoisotopic (exact) mass is 479 g/mol. The average molecular weight is 479 g/mol. The molecular weight excluding hydrogens is 456 g/mol. The Labute approximate surface area is 200 Å². The molecule has 0 aliphatic heterocycles. The van der Waals surface area contributed by atoms with Gasteiger partial charge < -0.3 is 14.8 Å². The van der Waals surface area contributed by atoms with Crippen LogP contribution in [0.25, 0.3) is 5.65 Å². The molecule has 7 nitrogen and oxygen atoms in total. The smallest absolute Gasteiger partial charge is 0.337 e. The topological polar surface area (TPSA) is 81.9 Å². The summed E-state index contributed by atoms with van der Waals surface area (Å²) in [4.78, 5) is 29.5. The van der Waals surface area contributed by atoms with E-state index in [4.69, 9.17) is 9.47 Å². The molecule has 0 radical (unpaired) electrons. The molecule has 0 aliphatic carbocycles. The molecule has 35 heavy (non-hydrogen) atoms. The summed E-state index contributed by atoms with van der Waals surface area (Å²) >= 11 is 0. The number of aromatic nitrogens is 2. The summed E-state index contributed by atoms with van der Waals surface area (Å²) in [6.07, 6.45) is 1.66. The predicted octanol–water partition coefficient (Wildman–Crippen LogP) is 4.78. The predicted molar refractivity (Wildman–Crippen MR) is 124 cm³/mol. The Kier molecular flexibility index (Phi) is 6.77. The molecule has 9 heteroatoms. The Balaban J connectivity index is 1.58. The Morgan fingerprint density at radius 3 is 2.51 bits per heavy atom. The fourth-order valence-electron chi connectivity index (χ4n) is 3.76. The number of aryl methyl sites for hydroxylation is 1. The number of carbonyl (C=O) groups excluding carboxylic acids is 2. The van der Waals surface area contributed by atoms with E-state index in [9.17, 15) is 18.4 Å². The van der Waals surface area contributed by atoms with Gasteiger partial charge in [0, 0.05) is 6.20 Å². The lowest BCUT2D eigenvalue weighted by atomic mass is 10.0. The van der Waals surface area contributed by atoms with Gasteiger partial charge in [0.15, 0.2) is 11.4 Å². The molecule has 1 atom stereocenters. The zero-order chi connectivity index (χ0) is 25.1. The van der Waals surface area contributed by atoms with Gasteiger partial charge in [0.1, 0.15) is 23.9 Å². The molecule has 0 spiro atoms. The highest BCUT2D eigenvalue weighted by atomic mass is 19.1. The maximum atomic E-state index is 14.0. The minimum absolute atomic E-state index is 0.196. The molecule has 1 N–H and O–H groups in total. The van der Waals surface area contributed by atoms with Crippen molar-refractivity contribution in [2.75, 3.05) is 7.11 Å². The Morgan fingerprint density at radius 1 is 1.09 bits per heavy atom. The highest BCUT2D eigenvalue weighted by Gasteiger charge is 2.21. The Morgan fingerprint density at radius 2 is 1.80 bits per heavy atom. The van der Waals surface area contributed by atoms with Gasteiger partial charge in [-0.3, -0.25) is 9.20 Å². The maximum Gasteiger partial charge on any atom is 0.337 e. The number of imidazole rings is 1. The van der Waals surface area contributed by atoms with Crippen molar-refractivity contribution in [1.29, 1.82) is 0 Å². The average Bonchev–Trinajstić information content (AvgIpc) is 3.19. The van der Waals surface area contributed by atoms with Gasteiger partial charge in [0.25, 0.3) is 5.91 Å². The van der Waals surface area contributed by atoms with Crippen molar-refractivity contribution < 1.29 is 27.8 Å². The Hall–Kier alpha value is -4.27. The molecule has 4 rings (SSSR count). The zero-order valence-corrected chi connectivity index (χ0v) is 19.3. The van der Waals surface area contributed by atoms with Crippen LogP contribution in [0.1, 0.15) is 50.6 Å². The number of halogens is 2. The number of rotatable bonds is 7. The number of pyridine rings is 1. The summed E-state index contributed by atoms with van der Waals surface area (Å²) in [6.45, 7) is 3.15. The highest BCUT2D eigenvalue weighted by Crippen LogP contribution is 2.25. The van der Waals surface area contributed by atoms with Crippen LogP contribution in [0.4, 0.5) is 8.78 Å². The minimum atomic E-state index is -0.707. The number of amides is 1. The number of nitrogens with zero attached hydrogens (tertiary/aromatic N) is 2. The van der Waals surface area contributed by atoms with Gasteiger partial charge in [-0.25, -0.2) is 18.6 Å². The standard InChI is InChI=1S/C26H23F2N3O4/c1-15(17-7-4-8-18(13-17)26(33)34-3)30-25(32)23-16(2)29-24-22(11-6-12-31(23)24)35-14-19-20(27)9-5-10-21(19)28/h4-13,15H,14H2,1-3H3,(H,30,32)/t15-/m0/s1. The third kappa shape index (κ3) is 4.84. The molecule has 2 aromatic carbocycles. The third-order valence-corrected chi connectivity index (χ3v) is 5.59. The van der Waals surface area contributed by atoms with Crippen LogP contribution in [0.15, 0.2) is 60.8 Å². The lowest BCUT2D eigenvalue weighted by molar-refractivity contribution is 0.0600. The summed E-state index contributed by atoms with van der Waals surface area (Å²) in [7, 11) is 1.30. The maximum absolute atomic E-state index is 14.0. The molecule has 2 aromatic heterocycles. The van der Waals surface area contributed by atoms with Gasteiger partial charge in [-0.2, -0.15) is 0 Å². The summed E-state index contributed by atoms with van der Waals surface area (Å²) in [5.74, 6) is -1.99. The first-order valence-electron chi connectivity index (χ1n) is 10.8. The van der Waals surface area contributed by atoms with Crippen LogP contribution < -0.4 is 10.1 Å². The van der Waals surface area contributed by atoms with Crippen molar-refractivity contribution in [3.63, 3.8) is 0 Å². The van der Waals surface area contributed by atoms with Gasteiger partial charge in [-0.1, -0.05) is 18.2 Å². The molecule has 0 bridgehead atoms. The number of nitrogens with one attached hydrogen (secondary N) is 1. The second-order valence-corrected chi connectivity index (χ2v) is 7.91. The van der Waals surface area contributed by atoms with Crippen molar-refractivity contribution in [3.8, 4) is 5.75 Å². The second-order valence-electron chi connectivity index (χ2n) is 7.91. The minimum Gasteiger partial charge on any atom is -0.485 e. The van der Waals surface area contributed by atoms with E-state index in [0.29, 0.717) is 22.6 Å². The lowest BCUT2D eigenvalue weighted by Crippen LogP contribution is -2.28. The van der Waals surface area contributed by atoms with E-state index in [1.807, 2.05) is 0 Å². The van der Waals surface area contributed by atoms with Gasteiger partial charge >= 0.3 is 5.97 Å². The van der Waals surface area contributed by atoms with Crippen LogP contribution in [0, 0.1) is 18.6 Å². The number of hydrogen-bond acceptors (Lipinski definition) is 5. The van der Waals surface area contributed by atoms with E-state index in [2.05, 4.69) is 10.3 Å². The van der Waals surface area contributed by atoms with Crippen LogP contribution in [-0.4, -0.2) is 28.4 Å². The van der Waals surface area contributed by atoms with Gasteiger partial charge in [-0.05, 0) is 55.8 Å². The van der Waals surface area contributed by atoms with Gasteiger partial charge in [0.2, 0.25) is 0 Å². The largest absolute Gasteiger partial charge is 0.485 e. The molecule has 4 aromatic rings. The first-order chi connectivity index (χ1) is 16.8. The quantitative estimate of drug-likeness (QED) is 0.386. The highest BCUT2D eigenvalue weighted by molar-refractivity contribution is 5.95. The van der Waals surface area contributed by atoms with E-state index in [1.165, 1.54) is 13.2 Å². The summed E-state index contributed by atoms with van der Waals surface area (Å²) in [5.41, 5.74) is 1.99. The SMILES string of the molecule is COC(=O)c1cccc([C@H](C)NC(=O)c2c(C)nc3c(OCc4c(F)cccc4F)cccn23)c1. The van der Waals surface area contributed by atoms with Gasteiger partial charge in [-0.15, -0.1) is 0 Å². The van der Waals surface area contributed by atoms with E-state index in [1.54, 1.807) is 60.8 Å². The summed E-state index contributed by atoms with van der Waals surface area (Å²) in [6, 6.07) is 13.3. The number of esters is 1. The van der Waals surface area contributed by atoms with E-state index >= 15 is 0 Å². The number of ether oxygens (including phenoxy) is 2. The Bertz CT molecular complexity index is 1400. The summed E-state index contributed by atoms with van der Waals surface area (Å²) < 4.78 is 39.9. The molecule has 0 saturated heterocycles. The molecule has 0 fully saturated rings. The fraction of sp³-hybridized carbons (Fsp3) is 0.192. The van der Waals surface area contributed by atoms with Crippen LogP contribution >= 0.6 is 0 Å². The van der Waals surface area contributed by atoms with Crippen LogP contribution in [0.5, 0.6) is 5.75 Å². The lowest BCUT2D eigenvalue weighted by Gasteiger charge is -2.15. The van der Waals surface area contributed by atoms with Gasteiger partial charge in [0.05, 0.1) is 30.0 Å². The van der Waals surface area contributed by atoms with Crippen molar-refractivity contribution in [1.82, 2.24) is 14.7 Å².